The lowest BCUT2D eigenvalue weighted by atomic mass is 9.87. The van der Waals surface area contributed by atoms with Gasteiger partial charge in [-0.25, -0.2) is 0 Å². The molecular formula is C20H27ClN4O3S. The number of benzene rings is 1. The Morgan fingerprint density at radius 1 is 1.21 bits per heavy atom. The summed E-state index contributed by atoms with van der Waals surface area (Å²) in [5.41, 5.74) is 0.510. The number of aromatic nitrogens is 3. The molecular weight excluding hydrogens is 412 g/mol. The molecule has 0 aliphatic heterocycles. The minimum Gasteiger partial charge on any atom is -0.495 e. The van der Waals surface area contributed by atoms with Crippen molar-refractivity contribution in [2.24, 2.45) is 13.0 Å². The predicted molar refractivity (Wildman–Crippen MR) is 115 cm³/mol. The number of carbonyl (C=O) groups is 1. The standard InChI is InChI=1S/C20H27ClN4O3S/c1-25-18(9-13-7-5-4-6-8-13)23-24-20(25)29-12-19(26)22-15-11-16(27-2)14(21)10-17(15)28-3/h10-11,13H,4-9,12H2,1-3H3,(H,22,26). The Morgan fingerprint density at radius 2 is 1.93 bits per heavy atom. The molecule has 9 heteroatoms. The fourth-order valence-corrected chi connectivity index (χ4v) is 4.53. The van der Waals surface area contributed by atoms with Gasteiger partial charge in [-0.3, -0.25) is 4.79 Å². The largest absolute Gasteiger partial charge is 0.495 e. The molecule has 1 saturated carbocycles. The highest BCUT2D eigenvalue weighted by atomic mass is 35.5. The van der Waals surface area contributed by atoms with Gasteiger partial charge in [-0.15, -0.1) is 10.2 Å². The van der Waals surface area contributed by atoms with E-state index in [1.165, 1.54) is 58.1 Å². The highest BCUT2D eigenvalue weighted by Crippen LogP contribution is 2.36. The predicted octanol–water partition coefficient (Wildman–Crippen LogP) is 4.34. The number of nitrogens with one attached hydrogen (secondary N) is 1. The van der Waals surface area contributed by atoms with Gasteiger partial charge in [-0.1, -0.05) is 55.5 Å². The van der Waals surface area contributed by atoms with Crippen LogP contribution in [-0.4, -0.2) is 40.6 Å². The van der Waals surface area contributed by atoms with Gasteiger partial charge in [0.05, 0.1) is 30.7 Å². The van der Waals surface area contributed by atoms with E-state index < -0.39 is 0 Å². The molecule has 1 aromatic carbocycles. The zero-order chi connectivity index (χ0) is 20.8. The van der Waals surface area contributed by atoms with Crippen molar-refractivity contribution in [3.05, 3.63) is 23.0 Å². The zero-order valence-electron chi connectivity index (χ0n) is 17.0. The quantitative estimate of drug-likeness (QED) is 0.617. The van der Waals surface area contributed by atoms with Crippen LogP contribution in [0.3, 0.4) is 0 Å². The third kappa shape index (κ3) is 5.57. The second kappa shape index (κ2) is 10.2. The number of thioether (sulfide) groups is 1. The van der Waals surface area contributed by atoms with E-state index >= 15 is 0 Å². The van der Waals surface area contributed by atoms with Gasteiger partial charge in [0, 0.05) is 25.6 Å². The summed E-state index contributed by atoms with van der Waals surface area (Å²) >= 11 is 7.47. The molecule has 158 valence electrons. The average molecular weight is 439 g/mol. The van der Waals surface area contributed by atoms with Crippen molar-refractivity contribution < 1.29 is 14.3 Å². The molecule has 29 heavy (non-hydrogen) atoms. The molecule has 0 radical (unpaired) electrons. The second-order valence-corrected chi connectivity index (χ2v) is 8.54. The molecule has 0 unspecified atom stereocenters. The van der Waals surface area contributed by atoms with Crippen molar-refractivity contribution in [2.75, 3.05) is 25.3 Å². The molecule has 3 rings (SSSR count). The third-order valence-corrected chi connectivity index (χ3v) is 6.52. The summed E-state index contributed by atoms with van der Waals surface area (Å²) in [7, 11) is 5.01. The first-order valence-electron chi connectivity index (χ1n) is 9.74. The summed E-state index contributed by atoms with van der Waals surface area (Å²) in [6.07, 6.45) is 7.45. The van der Waals surface area contributed by atoms with E-state index in [0.29, 0.717) is 28.1 Å². The Kier molecular flexibility index (Phi) is 7.66. The molecule has 1 N–H and O–H groups in total. The topological polar surface area (TPSA) is 78.3 Å². The van der Waals surface area contributed by atoms with Crippen LogP contribution in [0, 0.1) is 5.92 Å². The normalized spacial score (nSPS) is 14.6. The third-order valence-electron chi connectivity index (χ3n) is 5.20. The van der Waals surface area contributed by atoms with Crippen LogP contribution in [0.1, 0.15) is 37.9 Å². The first-order chi connectivity index (χ1) is 14.0. The maximum atomic E-state index is 12.5. The lowest BCUT2D eigenvalue weighted by molar-refractivity contribution is -0.113. The van der Waals surface area contributed by atoms with Gasteiger partial charge in [0.1, 0.15) is 17.3 Å². The van der Waals surface area contributed by atoms with Crippen molar-refractivity contribution in [3.63, 3.8) is 0 Å². The van der Waals surface area contributed by atoms with Gasteiger partial charge in [0.25, 0.3) is 0 Å². The number of ether oxygens (including phenoxy) is 2. The zero-order valence-corrected chi connectivity index (χ0v) is 18.6. The van der Waals surface area contributed by atoms with E-state index in [-0.39, 0.29) is 11.7 Å². The minimum atomic E-state index is -0.172. The number of halogens is 1. The molecule has 7 nitrogen and oxygen atoms in total. The fourth-order valence-electron chi connectivity index (χ4n) is 3.57. The molecule has 2 aromatic rings. The Balaban J connectivity index is 1.58. The first kappa shape index (κ1) is 21.8. The van der Waals surface area contributed by atoms with E-state index in [1.807, 2.05) is 11.6 Å². The highest BCUT2D eigenvalue weighted by Gasteiger charge is 2.19. The van der Waals surface area contributed by atoms with E-state index in [2.05, 4.69) is 15.5 Å². The molecule has 1 aliphatic rings. The summed E-state index contributed by atoms with van der Waals surface area (Å²) in [4.78, 5) is 12.5. The van der Waals surface area contributed by atoms with Crippen LogP contribution in [0.4, 0.5) is 5.69 Å². The van der Waals surface area contributed by atoms with Gasteiger partial charge in [0.15, 0.2) is 5.16 Å². The number of anilines is 1. The van der Waals surface area contributed by atoms with E-state index in [0.717, 1.165) is 17.4 Å². The molecule has 1 heterocycles. The number of rotatable bonds is 8. The number of amides is 1. The Hall–Kier alpha value is -1.93. The van der Waals surface area contributed by atoms with Crippen molar-refractivity contribution in [1.29, 1.82) is 0 Å². The van der Waals surface area contributed by atoms with E-state index in [9.17, 15) is 4.79 Å². The van der Waals surface area contributed by atoms with Gasteiger partial charge < -0.3 is 19.4 Å². The van der Waals surface area contributed by atoms with Crippen LogP contribution < -0.4 is 14.8 Å². The van der Waals surface area contributed by atoms with Gasteiger partial charge >= 0.3 is 0 Å². The number of carbonyl (C=O) groups excluding carboxylic acids is 1. The molecule has 0 bridgehead atoms. The Morgan fingerprint density at radius 3 is 2.62 bits per heavy atom. The summed E-state index contributed by atoms with van der Waals surface area (Å²) in [6.45, 7) is 0. The van der Waals surface area contributed by atoms with Crippen molar-refractivity contribution in [1.82, 2.24) is 14.8 Å². The van der Waals surface area contributed by atoms with Crippen LogP contribution in [0.25, 0.3) is 0 Å². The van der Waals surface area contributed by atoms with Crippen LogP contribution in [0.2, 0.25) is 5.02 Å². The summed E-state index contributed by atoms with van der Waals surface area (Å²) in [5.74, 6) is 2.67. The summed E-state index contributed by atoms with van der Waals surface area (Å²) in [5, 5.41) is 12.6. The fraction of sp³-hybridized carbons (Fsp3) is 0.550. The van der Waals surface area contributed by atoms with E-state index in [1.54, 1.807) is 12.1 Å². The molecule has 1 amide bonds. The molecule has 0 saturated heterocycles. The maximum Gasteiger partial charge on any atom is 0.234 e. The Labute approximate surface area is 180 Å². The molecule has 1 aliphatic carbocycles. The van der Waals surface area contributed by atoms with Crippen LogP contribution in [0.5, 0.6) is 11.5 Å². The number of methoxy groups -OCH3 is 2. The van der Waals surface area contributed by atoms with Crippen LogP contribution >= 0.6 is 23.4 Å². The first-order valence-corrected chi connectivity index (χ1v) is 11.1. The van der Waals surface area contributed by atoms with Crippen molar-refractivity contribution >= 4 is 35.0 Å². The number of hydrogen-bond donors (Lipinski definition) is 1. The molecule has 1 fully saturated rings. The van der Waals surface area contributed by atoms with Gasteiger partial charge in [-0.2, -0.15) is 0 Å². The van der Waals surface area contributed by atoms with Crippen molar-refractivity contribution in [2.45, 2.75) is 43.7 Å². The van der Waals surface area contributed by atoms with Gasteiger partial charge in [0.2, 0.25) is 5.91 Å². The minimum absolute atomic E-state index is 0.172. The monoisotopic (exact) mass is 438 g/mol. The molecule has 0 spiro atoms. The second-order valence-electron chi connectivity index (χ2n) is 7.19. The lowest BCUT2D eigenvalue weighted by Crippen LogP contribution is -2.15. The van der Waals surface area contributed by atoms with Crippen molar-refractivity contribution in [3.8, 4) is 11.5 Å². The number of hydrogen-bond acceptors (Lipinski definition) is 6. The van der Waals surface area contributed by atoms with Crippen LogP contribution in [-0.2, 0) is 18.3 Å². The Bertz CT molecular complexity index is 852. The summed E-state index contributed by atoms with van der Waals surface area (Å²) < 4.78 is 12.5. The smallest absolute Gasteiger partial charge is 0.234 e. The maximum absolute atomic E-state index is 12.5. The number of nitrogens with zero attached hydrogens (tertiary/aromatic N) is 3. The highest BCUT2D eigenvalue weighted by molar-refractivity contribution is 7.99. The summed E-state index contributed by atoms with van der Waals surface area (Å²) in [6, 6.07) is 3.26. The van der Waals surface area contributed by atoms with E-state index in [4.69, 9.17) is 21.1 Å². The lowest BCUT2D eigenvalue weighted by Gasteiger charge is -2.20. The molecule has 0 atom stereocenters. The van der Waals surface area contributed by atoms with Gasteiger partial charge in [-0.05, 0) is 5.92 Å². The molecule has 1 aromatic heterocycles. The van der Waals surface area contributed by atoms with Crippen LogP contribution in [0.15, 0.2) is 17.3 Å². The average Bonchev–Trinajstić information content (AvgIpc) is 3.07. The SMILES string of the molecule is COc1cc(NC(=O)CSc2nnc(CC3CCCCC3)n2C)c(OC)cc1Cl.